The van der Waals surface area contributed by atoms with Crippen LogP contribution in [0.25, 0.3) is 39.4 Å². The molecule has 1 N–H and O–H groups in total. The number of benzene rings is 5. The summed E-state index contributed by atoms with van der Waals surface area (Å²) in [5, 5.41) is 2.52. The van der Waals surface area contributed by atoms with Crippen molar-refractivity contribution in [3.63, 3.8) is 0 Å². The summed E-state index contributed by atoms with van der Waals surface area (Å²) in [4.78, 5) is 66.8. The van der Waals surface area contributed by atoms with Crippen LogP contribution in [0.3, 0.4) is 0 Å². The molecule has 298 valence electrons. The number of unbranched alkanes of at least 4 members (excludes halogenated alkanes) is 4. The summed E-state index contributed by atoms with van der Waals surface area (Å²) in [5.41, 5.74) is 5.43. The molecule has 0 aliphatic carbocycles. The number of nitrogens with one attached hydrogen (secondary N) is 1. The van der Waals surface area contributed by atoms with Crippen molar-refractivity contribution in [2.45, 2.75) is 74.9 Å². The number of rotatable bonds is 14. The Balaban J connectivity index is 1.05. The maximum atomic E-state index is 13.9. The van der Waals surface area contributed by atoms with Gasteiger partial charge in [-0.15, -0.1) is 0 Å². The third kappa shape index (κ3) is 8.40. The molecular formula is C47H44N6O5S. The second-order valence-electron chi connectivity index (χ2n) is 14.6. The van der Waals surface area contributed by atoms with Gasteiger partial charge in [0.2, 0.25) is 5.91 Å². The number of hydrogen-bond acceptors (Lipinski definition) is 9. The zero-order valence-electron chi connectivity index (χ0n) is 33.0. The Morgan fingerprint density at radius 1 is 0.763 bits per heavy atom. The highest BCUT2D eigenvalue weighted by Gasteiger charge is 2.26. The van der Waals surface area contributed by atoms with Crippen LogP contribution in [-0.2, 0) is 27.5 Å². The molecule has 5 aromatic carbocycles. The quantitative estimate of drug-likeness (QED) is 0.0654. The number of amides is 1. The van der Waals surface area contributed by atoms with Crippen molar-refractivity contribution < 1.29 is 14.3 Å². The third-order valence-electron chi connectivity index (χ3n) is 10.5. The molecule has 3 heterocycles. The van der Waals surface area contributed by atoms with Crippen LogP contribution in [0.5, 0.6) is 0 Å². The minimum Gasteiger partial charge on any atom is -0.459 e. The molecule has 5 aromatic rings. The Hall–Kier alpha value is -6.53. The highest BCUT2D eigenvalue weighted by atomic mass is 32.2. The van der Waals surface area contributed by atoms with Crippen molar-refractivity contribution in [2.75, 3.05) is 11.4 Å². The number of ether oxygens (including phenoxy) is 1. The fraction of sp³-hybridized carbons (Fsp3) is 0.234. The molecule has 0 fully saturated rings. The Labute approximate surface area is 346 Å². The molecule has 0 saturated heterocycles. The van der Waals surface area contributed by atoms with Crippen LogP contribution < -0.4 is 21.5 Å². The average molecular weight is 805 g/mol. The Bertz CT molecular complexity index is 2730. The van der Waals surface area contributed by atoms with Gasteiger partial charge in [-0.05, 0) is 78.6 Å². The fourth-order valence-corrected chi connectivity index (χ4v) is 8.56. The summed E-state index contributed by atoms with van der Waals surface area (Å²) in [6, 6.07) is 38.6. The van der Waals surface area contributed by atoms with E-state index in [-0.39, 0.29) is 18.1 Å². The van der Waals surface area contributed by atoms with E-state index in [9.17, 15) is 19.2 Å². The predicted octanol–water partition coefficient (Wildman–Crippen LogP) is 8.54. The van der Waals surface area contributed by atoms with Crippen LogP contribution in [0.15, 0.2) is 141 Å². The van der Waals surface area contributed by atoms with E-state index < -0.39 is 35.7 Å². The van der Waals surface area contributed by atoms with Gasteiger partial charge in [0.05, 0.1) is 22.4 Å². The van der Waals surface area contributed by atoms with Gasteiger partial charge in [0.1, 0.15) is 19.2 Å². The molecule has 59 heavy (non-hydrogen) atoms. The average Bonchev–Trinajstić information content (AvgIpc) is 3.26. The van der Waals surface area contributed by atoms with Crippen LogP contribution in [0.4, 0.5) is 11.4 Å². The van der Waals surface area contributed by atoms with Gasteiger partial charge in [-0.1, -0.05) is 117 Å². The first kappa shape index (κ1) is 39.3. The van der Waals surface area contributed by atoms with Crippen LogP contribution in [-0.4, -0.2) is 43.6 Å². The minimum atomic E-state index is -1.02. The SMILES string of the molecule is CCCCCCCN1c2ccccc2Sc2cc(-c3ccc(-n4c5nc(=O)n(CC(=O)N[C@H](C)C(=O)OCc6ccccc6)c(=O)c-5nc5ccccc54)cc3)ccc21. The molecule has 0 radical (unpaired) electrons. The molecule has 11 nitrogen and oxygen atoms in total. The van der Waals surface area contributed by atoms with Gasteiger partial charge in [0, 0.05) is 22.0 Å². The summed E-state index contributed by atoms with van der Waals surface area (Å²) in [6.07, 6.45) is 6.10. The van der Waals surface area contributed by atoms with Gasteiger partial charge >= 0.3 is 11.7 Å². The zero-order valence-corrected chi connectivity index (χ0v) is 33.8. The van der Waals surface area contributed by atoms with E-state index in [1.54, 1.807) is 22.4 Å². The summed E-state index contributed by atoms with van der Waals surface area (Å²) in [6.45, 7) is 4.07. The molecule has 0 aromatic heterocycles. The summed E-state index contributed by atoms with van der Waals surface area (Å²) < 4.78 is 7.80. The zero-order chi connectivity index (χ0) is 40.9. The van der Waals surface area contributed by atoms with E-state index in [1.165, 1.54) is 53.8 Å². The lowest BCUT2D eigenvalue weighted by atomic mass is 10.0. The number of para-hydroxylation sites is 3. The number of aromatic nitrogens is 4. The Kier molecular flexibility index (Phi) is 11.7. The summed E-state index contributed by atoms with van der Waals surface area (Å²) in [5.74, 6) is -1.31. The lowest BCUT2D eigenvalue weighted by Crippen LogP contribution is -2.46. The molecule has 1 amide bonds. The smallest absolute Gasteiger partial charge is 0.353 e. The maximum absolute atomic E-state index is 13.9. The monoisotopic (exact) mass is 804 g/mol. The standard InChI is InChI=1S/C47H44N6O5S/c1-3-4-5-6-14-27-51-38-19-12-13-20-40(38)59-41-28-34(23-26-39(41)51)33-21-24-35(25-22-33)53-37-18-11-10-17-36(37)49-43-44(53)50-47(57)52(45(43)55)29-42(54)48-31(2)46(56)58-30-32-15-8-7-9-16-32/h7-13,15-26,28,31H,3-6,14,27,29-30H2,1-2H3,(H,48,54)/t31-/m1/s1. The fourth-order valence-electron chi connectivity index (χ4n) is 7.42. The van der Waals surface area contributed by atoms with E-state index in [0.29, 0.717) is 16.7 Å². The topological polar surface area (TPSA) is 128 Å². The van der Waals surface area contributed by atoms with Gasteiger partial charge in [-0.25, -0.2) is 19.1 Å². The largest absolute Gasteiger partial charge is 0.459 e. The van der Waals surface area contributed by atoms with E-state index >= 15 is 0 Å². The number of anilines is 2. The number of esters is 1. The minimum absolute atomic E-state index is 0.0435. The molecule has 0 bridgehead atoms. The van der Waals surface area contributed by atoms with Crippen LogP contribution in [0, 0.1) is 0 Å². The van der Waals surface area contributed by atoms with Gasteiger partial charge in [-0.2, -0.15) is 4.98 Å². The number of hydrogen-bond donors (Lipinski definition) is 1. The second-order valence-corrected chi connectivity index (χ2v) is 15.7. The molecular weight excluding hydrogens is 761 g/mol. The highest BCUT2D eigenvalue weighted by Crippen LogP contribution is 2.49. The maximum Gasteiger partial charge on any atom is 0.353 e. The first-order valence-corrected chi connectivity index (χ1v) is 20.8. The lowest BCUT2D eigenvalue weighted by molar-refractivity contribution is -0.148. The Morgan fingerprint density at radius 3 is 2.29 bits per heavy atom. The van der Waals surface area contributed by atoms with Crippen LogP contribution in [0.2, 0.25) is 0 Å². The van der Waals surface area contributed by atoms with Crippen molar-refractivity contribution in [2.24, 2.45) is 0 Å². The highest BCUT2D eigenvalue weighted by molar-refractivity contribution is 7.99. The summed E-state index contributed by atoms with van der Waals surface area (Å²) in [7, 11) is 0. The summed E-state index contributed by atoms with van der Waals surface area (Å²) >= 11 is 1.79. The molecule has 8 rings (SSSR count). The third-order valence-corrected chi connectivity index (χ3v) is 11.6. The molecule has 1 atom stereocenters. The van der Waals surface area contributed by atoms with Crippen LogP contribution >= 0.6 is 11.8 Å². The number of carbonyl (C=O) groups is 2. The number of fused-ring (bicyclic) bond motifs is 4. The van der Waals surface area contributed by atoms with Crippen molar-refractivity contribution in [3.8, 4) is 28.3 Å². The molecule has 0 spiro atoms. The molecule has 3 aliphatic heterocycles. The van der Waals surface area contributed by atoms with Crippen molar-refractivity contribution in [3.05, 3.63) is 148 Å². The van der Waals surface area contributed by atoms with Crippen molar-refractivity contribution in [1.82, 2.24) is 24.4 Å². The number of carbonyl (C=O) groups excluding carboxylic acids is 2. The molecule has 0 saturated carbocycles. The van der Waals surface area contributed by atoms with E-state index in [4.69, 9.17) is 4.74 Å². The van der Waals surface area contributed by atoms with Gasteiger partial charge in [0.15, 0.2) is 11.5 Å². The van der Waals surface area contributed by atoms with Crippen molar-refractivity contribution in [1.29, 1.82) is 0 Å². The van der Waals surface area contributed by atoms with Crippen LogP contribution in [0.1, 0.15) is 51.5 Å². The molecule has 0 unspecified atom stereocenters. The molecule has 3 aliphatic rings. The van der Waals surface area contributed by atoms with E-state index in [0.717, 1.165) is 34.2 Å². The van der Waals surface area contributed by atoms with Gasteiger partial charge in [0.25, 0.3) is 5.56 Å². The van der Waals surface area contributed by atoms with E-state index in [1.807, 2.05) is 72.8 Å². The predicted molar refractivity (Wildman–Crippen MR) is 232 cm³/mol. The lowest BCUT2D eigenvalue weighted by Gasteiger charge is -2.33. The first-order valence-electron chi connectivity index (χ1n) is 20.0. The number of nitrogens with zero attached hydrogens (tertiary/aromatic N) is 5. The van der Waals surface area contributed by atoms with Crippen molar-refractivity contribution >= 4 is 46.0 Å². The molecule has 12 heteroatoms. The first-order chi connectivity index (χ1) is 28.8. The normalized spacial score (nSPS) is 12.5. The van der Waals surface area contributed by atoms with E-state index in [2.05, 4.69) is 69.6 Å². The second kappa shape index (κ2) is 17.5. The van der Waals surface area contributed by atoms with Gasteiger partial charge in [-0.3, -0.25) is 14.2 Å². The Morgan fingerprint density at radius 2 is 1.47 bits per heavy atom. The van der Waals surface area contributed by atoms with Gasteiger partial charge < -0.3 is 15.0 Å².